The average Bonchev–Trinajstić information content (AvgIpc) is 2.65. The van der Waals surface area contributed by atoms with E-state index >= 15 is 0 Å². The number of anilines is 1. The van der Waals surface area contributed by atoms with E-state index in [1.165, 1.54) is 6.07 Å². The molecule has 1 aromatic heterocycles. The topological polar surface area (TPSA) is 98.2 Å². The molecule has 0 saturated heterocycles. The summed E-state index contributed by atoms with van der Waals surface area (Å²) in [5.74, 6) is 0.148. The number of hydrogen-bond acceptors (Lipinski definition) is 5. The summed E-state index contributed by atoms with van der Waals surface area (Å²) >= 11 is 0. The highest BCUT2D eigenvalue weighted by Gasteiger charge is 2.17. The van der Waals surface area contributed by atoms with Gasteiger partial charge in [0.1, 0.15) is 11.6 Å². The van der Waals surface area contributed by atoms with Gasteiger partial charge >= 0.3 is 0 Å². The van der Waals surface area contributed by atoms with Gasteiger partial charge in [-0.1, -0.05) is 0 Å². The number of rotatable bonds is 4. The molecule has 20 heavy (non-hydrogen) atoms. The Kier molecular flexibility index (Phi) is 3.78. The molecule has 0 fully saturated rings. The Morgan fingerprint density at radius 2 is 2.05 bits per heavy atom. The van der Waals surface area contributed by atoms with Gasteiger partial charge in [-0.05, 0) is 32.0 Å². The van der Waals surface area contributed by atoms with Crippen LogP contribution in [-0.2, 0) is 16.6 Å². The lowest BCUT2D eigenvalue weighted by Gasteiger charge is -2.06. The van der Waals surface area contributed by atoms with Crippen molar-refractivity contribution in [3.05, 3.63) is 41.4 Å². The van der Waals surface area contributed by atoms with E-state index in [1.807, 2.05) is 0 Å². The van der Waals surface area contributed by atoms with E-state index in [-0.39, 0.29) is 23.0 Å². The number of nitrogen functional groups attached to an aromatic ring is 1. The first-order chi connectivity index (χ1) is 9.28. The molecule has 3 N–H and O–H groups in total. The number of nitrogens with two attached hydrogens (primary N) is 1. The Morgan fingerprint density at radius 3 is 2.60 bits per heavy atom. The number of sulfonamides is 1. The first kappa shape index (κ1) is 14.5. The van der Waals surface area contributed by atoms with Crippen LogP contribution in [0.3, 0.4) is 0 Å². The molecule has 2 aromatic rings. The van der Waals surface area contributed by atoms with Crippen LogP contribution in [0.15, 0.2) is 27.5 Å². The van der Waals surface area contributed by atoms with Crippen molar-refractivity contribution < 1.29 is 17.2 Å². The second kappa shape index (κ2) is 5.22. The quantitative estimate of drug-likeness (QED) is 0.833. The molecule has 108 valence electrons. The molecule has 0 aliphatic heterocycles. The molecule has 0 unspecified atom stereocenters. The minimum atomic E-state index is -3.88. The molecular weight excluding hydrogens is 285 g/mol. The van der Waals surface area contributed by atoms with E-state index in [0.29, 0.717) is 11.5 Å². The Hall–Kier alpha value is -1.93. The fourth-order valence-electron chi connectivity index (χ4n) is 1.59. The Morgan fingerprint density at radius 1 is 1.35 bits per heavy atom. The summed E-state index contributed by atoms with van der Waals surface area (Å²) in [7, 11) is -3.88. The van der Waals surface area contributed by atoms with Crippen molar-refractivity contribution >= 4 is 15.7 Å². The normalized spacial score (nSPS) is 11.8. The largest absolute Gasteiger partial charge is 0.444 e. The van der Waals surface area contributed by atoms with Crippen molar-refractivity contribution in [3.8, 4) is 0 Å². The standard InChI is InChI=1S/C12H14FN3O3S/c1-7-8(2)19-12(16-7)6-15-20(17,18)11-4-9(13)3-10(14)5-11/h3-5,15H,6,14H2,1-2H3. The lowest BCUT2D eigenvalue weighted by molar-refractivity contribution is 0.463. The number of nitrogens with zero attached hydrogens (tertiary/aromatic N) is 1. The maximum absolute atomic E-state index is 13.2. The van der Waals surface area contributed by atoms with Crippen LogP contribution >= 0.6 is 0 Å². The van der Waals surface area contributed by atoms with Crippen LogP contribution in [0, 0.1) is 19.7 Å². The highest BCUT2D eigenvalue weighted by Crippen LogP contribution is 2.16. The zero-order chi connectivity index (χ0) is 14.9. The Bertz CT molecular complexity index is 701. The molecule has 1 heterocycles. The summed E-state index contributed by atoms with van der Waals surface area (Å²) in [6.45, 7) is 3.37. The van der Waals surface area contributed by atoms with Crippen LogP contribution < -0.4 is 10.5 Å². The molecule has 0 saturated carbocycles. The monoisotopic (exact) mass is 299 g/mol. The van der Waals surface area contributed by atoms with E-state index in [4.69, 9.17) is 10.2 Å². The Balaban J connectivity index is 2.18. The summed E-state index contributed by atoms with van der Waals surface area (Å²) in [6, 6.07) is 3.11. The van der Waals surface area contributed by atoms with Gasteiger partial charge in [-0.3, -0.25) is 0 Å². The van der Waals surface area contributed by atoms with Gasteiger partial charge in [0.15, 0.2) is 0 Å². The van der Waals surface area contributed by atoms with Crippen molar-refractivity contribution in [2.24, 2.45) is 0 Å². The number of hydrogen-bond donors (Lipinski definition) is 2. The molecule has 8 heteroatoms. The molecule has 0 aliphatic carbocycles. The lowest BCUT2D eigenvalue weighted by atomic mass is 10.3. The second-order valence-electron chi connectivity index (χ2n) is 4.29. The number of aryl methyl sites for hydroxylation is 2. The van der Waals surface area contributed by atoms with E-state index in [9.17, 15) is 12.8 Å². The van der Waals surface area contributed by atoms with Crippen LogP contribution in [0.1, 0.15) is 17.3 Å². The molecule has 0 aliphatic rings. The van der Waals surface area contributed by atoms with Gasteiger partial charge in [0.25, 0.3) is 0 Å². The van der Waals surface area contributed by atoms with Crippen molar-refractivity contribution in [3.63, 3.8) is 0 Å². The molecule has 6 nitrogen and oxygen atoms in total. The number of benzene rings is 1. The van der Waals surface area contributed by atoms with E-state index < -0.39 is 15.8 Å². The molecule has 0 radical (unpaired) electrons. The van der Waals surface area contributed by atoms with Crippen molar-refractivity contribution in [1.82, 2.24) is 9.71 Å². The van der Waals surface area contributed by atoms with Gasteiger partial charge in [0, 0.05) is 5.69 Å². The third kappa shape index (κ3) is 3.14. The molecule has 0 spiro atoms. The summed E-state index contributed by atoms with van der Waals surface area (Å²) in [4.78, 5) is 3.81. The summed E-state index contributed by atoms with van der Waals surface area (Å²) in [5.41, 5.74) is 6.15. The van der Waals surface area contributed by atoms with E-state index in [1.54, 1.807) is 13.8 Å². The third-order valence-electron chi connectivity index (χ3n) is 2.69. The summed E-state index contributed by atoms with van der Waals surface area (Å²) < 4.78 is 44.7. The second-order valence-corrected chi connectivity index (χ2v) is 6.06. The van der Waals surface area contributed by atoms with E-state index in [0.717, 1.165) is 12.1 Å². The number of nitrogens with one attached hydrogen (secondary N) is 1. The van der Waals surface area contributed by atoms with Gasteiger partial charge in [-0.2, -0.15) is 0 Å². The molecule has 2 rings (SSSR count). The minimum Gasteiger partial charge on any atom is -0.444 e. The fraction of sp³-hybridized carbons (Fsp3) is 0.250. The predicted molar refractivity (Wildman–Crippen MR) is 70.8 cm³/mol. The van der Waals surface area contributed by atoms with Crippen LogP contribution in [0.5, 0.6) is 0 Å². The maximum atomic E-state index is 13.2. The summed E-state index contributed by atoms with van der Waals surface area (Å²) in [6.07, 6.45) is 0. The van der Waals surface area contributed by atoms with Gasteiger partial charge in [-0.15, -0.1) is 0 Å². The van der Waals surface area contributed by atoms with Crippen LogP contribution in [0.4, 0.5) is 10.1 Å². The number of aromatic nitrogens is 1. The lowest BCUT2D eigenvalue weighted by Crippen LogP contribution is -2.23. The smallest absolute Gasteiger partial charge is 0.241 e. The highest BCUT2D eigenvalue weighted by atomic mass is 32.2. The third-order valence-corrected chi connectivity index (χ3v) is 4.07. The zero-order valence-electron chi connectivity index (χ0n) is 11.0. The molecular formula is C12H14FN3O3S. The van der Waals surface area contributed by atoms with Crippen LogP contribution in [-0.4, -0.2) is 13.4 Å². The molecule has 0 bridgehead atoms. The van der Waals surface area contributed by atoms with Gasteiger partial charge in [0.2, 0.25) is 15.9 Å². The maximum Gasteiger partial charge on any atom is 0.241 e. The SMILES string of the molecule is Cc1nc(CNS(=O)(=O)c2cc(N)cc(F)c2)oc1C. The number of oxazole rings is 1. The fourth-order valence-corrected chi connectivity index (χ4v) is 2.63. The van der Waals surface area contributed by atoms with Crippen molar-refractivity contribution in [1.29, 1.82) is 0 Å². The minimum absolute atomic E-state index is 0.0354. The number of halogens is 1. The van der Waals surface area contributed by atoms with Gasteiger partial charge in [-0.25, -0.2) is 22.5 Å². The first-order valence-corrected chi connectivity index (χ1v) is 7.25. The van der Waals surface area contributed by atoms with Crippen molar-refractivity contribution in [2.75, 3.05) is 5.73 Å². The Labute approximate surface area is 115 Å². The summed E-state index contributed by atoms with van der Waals surface area (Å²) in [5, 5.41) is 0. The van der Waals surface area contributed by atoms with Gasteiger partial charge < -0.3 is 10.2 Å². The van der Waals surface area contributed by atoms with Gasteiger partial charge in [0.05, 0.1) is 17.1 Å². The molecule has 1 aromatic carbocycles. The molecule has 0 amide bonds. The van der Waals surface area contributed by atoms with Crippen LogP contribution in [0.25, 0.3) is 0 Å². The van der Waals surface area contributed by atoms with E-state index in [2.05, 4.69) is 9.71 Å². The first-order valence-electron chi connectivity index (χ1n) is 5.76. The van der Waals surface area contributed by atoms with Crippen molar-refractivity contribution in [2.45, 2.75) is 25.3 Å². The van der Waals surface area contributed by atoms with Crippen LogP contribution in [0.2, 0.25) is 0 Å². The molecule has 0 atom stereocenters. The highest BCUT2D eigenvalue weighted by molar-refractivity contribution is 7.89. The average molecular weight is 299 g/mol. The predicted octanol–water partition coefficient (Wildman–Crippen LogP) is 1.49. The zero-order valence-corrected chi connectivity index (χ0v) is 11.8.